The van der Waals surface area contributed by atoms with Gasteiger partial charge in [-0.25, -0.2) is 0 Å². The van der Waals surface area contributed by atoms with Gasteiger partial charge in [0.15, 0.2) is 5.96 Å². The number of aliphatic imine (C=N–C) groups is 1. The van der Waals surface area contributed by atoms with Crippen LogP contribution < -0.4 is 10.6 Å². The highest BCUT2D eigenvalue weighted by molar-refractivity contribution is 8.00. The first-order valence-electron chi connectivity index (χ1n) is 8.93. The van der Waals surface area contributed by atoms with Gasteiger partial charge in [0.25, 0.3) is 0 Å². The molecule has 2 fully saturated rings. The molecule has 23 heavy (non-hydrogen) atoms. The summed E-state index contributed by atoms with van der Waals surface area (Å²) in [5, 5.41) is 6.92. The Balaban J connectivity index is 1.70. The van der Waals surface area contributed by atoms with Crippen LogP contribution in [0.1, 0.15) is 33.6 Å². The molecule has 0 aliphatic carbocycles. The Morgan fingerprint density at radius 3 is 2.91 bits per heavy atom. The van der Waals surface area contributed by atoms with E-state index in [1.807, 2.05) is 7.05 Å². The average Bonchev–Trinajstić information content (AvgIpc) is 2.94. The molecular formula is C17H34N4OS. The summed E-state index contributed by atoms with van der Waals surface area (Å²) in [5.74, 6) is 2.88. The molecule has 5 nitrogen and oxygen atoms in total. The smallest absolute Gasteiger partial charge is 0.191 e. The minimum Gasteiger partial charge on any atom is -0.374 e. The zero-order valence-electron chi connectivity index (χ0n) is 15.2. The third-order valence-corrected chi connectivity index (χ3v) is 6.04. The van der Waals surface area contributed by atoms with E-state index in [1.54, 1.807) is 0 Å². The van der Waals surface area contributed by atoms with Crippen LogP contribution in [0.4, 0.5) is 0 Å². The molecule has 2 heterocycles. The molecule has 134 valence electrons. The first kappa shape index (κ1) is 18.9. The fourth-order valence-corrected chi connectivity index (χ4v) is 4.51. The largest absolute Gasteiger partial charge is 0.374 e. The van der Waals surface area contributed by atoms with Gasteiger partial charge in [-0.15, -0.1) is 0 Å². The third kappa shape index (κ3) is 6.51. The number of nitrogens with one attached hydrogen (secondary N) is 2. The highest BCUT2D eigenvalue weighted by atomic mass is 32.2. The summed E-state index contributed by atoms with van der Waals surface area (Å²) < 4.78 is 6.25. The standard InChI is InChI=1S/C17H34N4OS/c1-14(2)11-21-7-8-22-15(12-21)10-19-16(18-4)20-13-17(3)6-5-9-23-17/h14-15H,5-13H2,1-4H3,(H2,18,19,20). The molecule has 2 unspecified atom stereocenters. The number of thioether (sulfide) groups is 1. The summed E-state index contributed by atoms with van der Waals surface area (Å²) in [6.45, 7) is 12.7. The maximum absolute atomic E-state index is 5.89. The predicted molar refractivity (Wildman–Crippen MR) is 100 cm³/mol. The summed E-state index contributed by atoms with van der Waals surface area (Å²) >= 11 is 2.07. The van der Waals surface area contributed by atoms with Crippen LogP contribution in [0.3, 0.4) is 0 Å². The molecule has 0 amide bonds. The lowest BCUT2D eigenvalue weighted by molar-refractivity contribution is -0.0284. The van der Waals surface area contributed by atoms with E-state index in [4.69, 9.17) is 4.74 Å². The van der Waals surface area contributed by atoms with E-state index >= 15 is 0 Å². The number of guanidine groups is 1. The van der Waals surface area contributed by atoms with E-state index in [0.29, 0.717) is 10.7 Å². The molecule has 0 aromatic heterocycles. The number of hydrogen-bond donors (Lipinski definition) is 2. The van der Waals surface area contributed by atoms with E-state index in [1.165, 1.54) is 18.6 Å². The van der Waals surface area contributed by atoms with E-state index in [2.05, 4.69) is 53.1 Å². The van der Waals surface area contributed by atoms with Crippen molar-refractivity contribution in [3.8, 4) is 0 Å². The zero-order valence-corrected chi connectivity index (χ0v) is 16.0. The topological polar surface area (TPSA) is 48.9 Å². The highest BCUT2D eigenvalue weighted by Gasteiger charge is 2.29. The van der Waals surface area contributed by atoms with Crippen molar-refractivity contribution >= 4 is 17.7 Å². The molecule has 2 N–H and O–H groups in total. The van der Waals surface area contributed by atoms with Crippen LogP contribution in [0.2, 0.25) is 0 Å². The van der Waals surface area contributed by atoms with Crippen LogP contribution in [0, 0.1) is 5.92 Å². The van der Waals surface area contributed by atoms with Crippen LogP contribution >= 0.6 is 11.8 Å². The summed E-state index contributed by atoms with van der Waals surface area (Å²) in [5.41, 5.74) is 0. The van der Waals surface area contributed by atoms with Gasteiger partial charge in [-0.1, -0.05) is 13.8 Å². The van der Waals surface area contributed by atoms with Crippen molar-refractivity contribution in [3.05, 3.63) is 0 Å². The lowest BCUT2D eigenvalue weighted by Gasteiger charge is -2.34. The first-order chi connectivity index (χ1) is 11.0. The van der Waals surface area contributed by atoms with Crippen LogP contribution in [-0.2, 0) is 4.74 Å². The quantitative estimate of drug-likeness (QED) is 0.569. The third-order valence-electron chi connectivity index (χ3n) is 4.50. The molecule has 0 saturated carbocycles. The Labute approximate surface area is 146 Å². The van der Waals surface area contributed by atoms with Crippen molar-refractivity contribution in [1.29, 1.82) is 0 Å². The summed E-state index contributed by atoms with van der Waals surface area (Å²) in [6, 6.07) is 0. The molecule has 2 saturated heterocycles. The second-order valence-corrected chi connectivity index (χ2v) is 9.04. The minimum absolute atomic E-state index is 0.248. The van der Waals surface area contributed by atoms with Gasteiger partial charge in [0, 0.05) is 44.5 Å². The molecule has 2 rings (SSSR count). The molecule has 0 aromatic carbocycles. The summed E-state index contributed by atoms with van der Waals surface area (Å²) in [6.07, 6.45) is 2.87. The van der Waals surface area contributed by atoms with E-state index < -0.39 is 0 Å². The van der Waals surface area contributed by atoms with Crippen molar-refractivity contribution in [2.45, 2.75) is 44.5 Å². The molecule has 2 atom stereocenters. The predicted octanol–water partition coefficient (Wildman–Crippen LogP) is 1.79. The van der Waals surface area contributed by atoms with Crippen molar-refractivity contribution in [2.24, 2.45) is 10.9 Å². The lowest BCUT2D eigenvalue weighted by atomic mass is 10.1. The Bertz CT molecular complexity index is 383. The van der Waals surface area contributed by atoms with Crippen molar-refractivity contribution in [1.82, 2.24) is 15.5 Å². The maximum Gasteiger partial charge on any atom is 0.191 e. The number of nitrogens with zero attached hydrogens (tertiary/aromatic N) is 2. The monoisotopic (exact) mass is 342 g/mol. The van der Waals surface area contributed by atoms with E-state index in [0.717, 1.165) is 45.3 Å². The fraction of sp³-hybridized carbons (Fsp3) is 0.941. The normalized spacial score (nSPS) is 30.0. The van der Waals surface area contributed by atoms with Crippen molar-refractivity contribution < 1.29 is 4.74 Å². The summed E-state index contributed by atoms with van der Waals surface area (Å²) in [7, 11) is 1.84. The molecule has 0 aromatic rings. The zero-order chi connectivity index (χ0) is 16.7. The molecule has 0 spiro atoms. The van der Waals surface area contributed by atoms with Gasteiger partial charge in [0.2, 0.25) is 0 Å². The maximum atomic E-state index is 5.89. The molecule has 0 radical (unpaired) electrons. The number of ether oxygens (including phenoxy) is 1. The number of rotatable bonds is 6. The van der Waals surface area contributed by atoms with Gasteiger partial charge < -0.3 is 15.4 Å². The minimum atomic E-state index is 0.248. The van der Waals surface area contributed by atoms with Crippen molar-refractivity contribution in [2.75, 3.05) is 52.1 Å². The van der Waals surface area contributed by atoms with Gasteiger partial charge in [0.1, 0.15) is 0 Å². The van der Waals surface area contributed by atoms with E-state index in [-0.39, 0.29) is 6.10 Å². The molecule has 6 heteroatoms. The van der Waals surface area contributed by atoms with Gasteiger partial charge in [-0.05, 0) is 31.4 Å². The van der Waals surface area contributed by atoms with Gasteiger partial charge in [-0.3, -0.25) is 9.89 Å². The second kappa shape index (κ2) is 9.14. The van der Waals surface area contributed by atoms with Gasteiger partial charge in [0.05, 0.1) is 12.7 Å². The van der Waals surface area contributed by atoms with Gasteiger partial charge in [-0.2, -0.15) is 11.8 Å². The molecule has 2 aliphatic rings. The van der Waals surface area contributed by atoms with E-state index in [9.17, 15) is 0 Å². The average molecular weight is 343 g/mol. The Morgan fingerprint density at radius 1 is 1.43 bits per heavy atom. The first-order valence-corrected chi connectivity index (χ1v) is 9.92. The van der Waals surface area contributed by atoms with Gasteiger partial charge >= 0.3 is 0 Å². The summed E-state index contributed by atoms with van der Waals surface area (Å²) in [4.78, 5) is 6.85. The SMILES string of the molecule is CN=C(NCC1CN(CC(C)C)CCO1)NCC1(C)CCCS1. The second-order valence-electron chi connectivity index (χ2n) is 7.35. The Hall–Kier alpha value is -0.460. The van der Waals surface area contributed by atoms with Crippen LogP contribution in [-0.4, -0.2) is 73.8 Å². The fourth-order valence-electron chi connectivity index (χ4n) is 3.26. The van der Waals surface area contributed by atoms with Crippen LogP contribution in [0.25, 0.3) is 0 Å². The molecular weight excluding hydrogens is 308 g/mol. The van der Waals surface area contributed by atoms with Crippen LogP contribution in [0.15, 0.2) is 4.99 Å². The molecule has 2 aliphatic heterocycles. The lowest BCUT2D eigenvalue weighted by Crippen LogP contribution is -2.51. The van der Waals surface area contributed by atoms with Crippen molar-refractivity contribution in [3.63, 3.8) is 0 Å². The Morgan fingerprint density at radius 2 is 2.26 bits per heavy atom. The van der Waals surface area contributed by atoms with Crippen LogP contribution in [0.5, 0.6) is 0 Å². The highest BCUT2D eigenvalue weighted by Crippen LogP contribution is 2.36. The number of hydrogen-bond acceptors (Lipinski definition) is 4. The molecule has 0 bridgehead atoms. The Kier molecular flexibility index (Phi) is 7.50. The number of morpholine rings is 1.